The largest absolute Gasteiger partial charge is 0.356 e. The third-order valence-electron chi connectivity index (χ3n) is 5.11. The van der Waals surface area contributed by atoms with Gasteiger partial charge in [-0.1, -0.05) is 35.8 Å². The molecule has 0 aliphatic heterocycles. The molecular weight excluding hydrogens is 334 g/mol. The van der Waals surface area contributed by atoms with Crippen molar-refractivity contribution in [1.82, 2.24) is 15.5 Å². The molecule has 0 aliphatic carbocycles. The highest BCUT2D eigenvalue weighted by molar-refractivity contribution is 5.82. The van der Waals surface area contributed by atoms with Gasteiger partial charge in [-0.15, -0.1) is 0 Å². The Bertz CT molecular complexity index is 1020. The van der Waals surface area contributed by atoms with Crippen LogP contribution in [0.1, 0.15) is 37.4 Å². The van der Waals surface area contributed by atoms with E-state index in [1.165, 1.54) is 22.8 Å². The summed E-state index contributed by atoms with van der Waals surface area (Å²) in [4.78, 5) is 4.17. The number of nitrogens with one attached hydrogen (secondary N) is 1. The minimum atomic E-state index is 0.493. The zero-order valence-electron chi connectivity index (χ0n) is 15.7. The van der Waals surface area contributed by atoms with E-state index in [1.807, 2.05) is 30.6 Å². The topological polar surface area (TPSA) is 51.0 Å². The molecule has 2 aromatic carbocycles. The summed E-state index contributed by atoms with van der Waals surface area (Å²) >= 11 is 0. The Morgan fingerprint density at radius 3 is 2.93 bits per heavy atom. The highest BCUT2D eigenvalue weighted by atomic mass is 16.5. The van der Waals surface area contributed by atoms with Crippen LogP contribution in [0.5, 0.6) is 0 Å². The number of benzene rings is 2. The summed E-state index contributed by atoms with van der Waals surface area (Å²) in [5.74, 6) is 0. The zero-order chi connectivity index (χ0) is 18.5. The van der Waals surface area contributed by atoms with E-state index in [9.17, 15) is 0 Å². The Morgan fingerprint density at radius 2 is 1.96 bits per heavy atom. The maximum atomic E-state index is 5.38. The van der Waals surface area contributed by atoms with E-state index in [1.54, 1.807) is 0 Å². The molecule has 1 atom stereocenters. The van der Waals surface area contributed by atoms with Crippen LogP contribution >= 0.6 is 0 Å². The van der Waals surface area contributed by atoms with Crippen molar-refractivity contribution in [2.24, 2.45) is 0 Å². The Hall–Kier alpha value is -2.72. The number of pyridine rings is 1. The van der Waals surface area contributed by atoms with Gasteiger partial charge in [-0.25, -0.2) is 0 Å². The third-order valence-corrected chi connectivity index (χ3v) is 5.11. The van der Waals surface area contributed by atoms with Crippen LogP contribution in [-0.2, 0) is 13.0 Å². The van der Waals surface area contributed by atoms with Crippen molar-refractivity contribution in [3.63, 3.8) is 0 Å². The molecule has 4 heteroatoms. The minimum Gasteiger partial charge on any atom is -0.356 e. The Kier molecular flexibility index (Phi) is 5.45. The second-order valence-electron chi connectivity index (χ2n) is 7.21. The average molecular weight is 359 g/mol. The molecule has 0 amide bonds. The fourth-order valence-corrected chi connectivity index (χ4v) is 3.50. The molecule has 0 aliphatic rings. The van der Waals surface area contributed by atoms with Crippen molar-refractivity contribution in [2.45, 2.75) is 45.2 Å². The minimum absolute atomic E-state index is 0.493. The first kappa shape index (κ1) is 17.7. The van der Waals surface area contributed by atoms with E-state index in [4.69, 9.17) is 4.52 Å². The van der Waals surface area contributed by atoms with Crippen LogP contribution in [-0.4, -0.2) is 16.2 Å². The number of unbranched alkanes of at least 4 members (excludes halogenated alkanes) is 1. The van der Waals surface area contributed by atoms with Gasteiger partial charge in [-0.3, -0.25) is 4.98 Å². The van der Waals surface area contributed by atoms with E-state index in [2.05, 4.69) is 52.7 Å². The van der Waals surface area contributed by atoms with E-state index in [0.29, 0.717) is 6.04 Å². The van der Waals surface area contributed by atoms with Gasteiger partial charge in [-0.05, 0) is 61.4 Å². The van der Waals surface area contributed by atoms with Gasteiger partial charge in [0.1, 0.15) is 0 Å². The van der Waals surface area contributed by atoms with Crippen LogP contribution < -0.4 is 5.32 Å². The molecule has 1 N–H and O–H groups in total. The fourth-order valence-electron chi connectivity index (χ4n) is 3.50. The predicted molar refractivity (Wildman–Crippen MR) is 110 cm³/mol. The molecule has 0 bridgehead atoms. The lowest BCUT2D eigenvalue weighted by Crippen LogP contribution is -2.25. The number of aryl methyl sites for hydroxylation is 1. The SMILES string of the molecule is C[C@H](CCCCc1noc2ccccc12)NCc1ccc2cnccc2c1. The third kappa shape index (κ3) is 4.34. The molecule has 0 fully saturated rings. The number of fused-ring (bicyclic) bond motifs is 2. The number of rotatable bonds is 8. The molecule has 0 unspecified atom stereocenters. The summed E-state index contributed by atoms with van der Waals surface area (Å²) in [7, 11) is 0. The number of nitrogens with zero attached hydrogens (tertiary/aromatic N) is 2. The lowest BCUT2D eigenvalue weighted by atomic mass is 10.1. The molecule has 4 rings (SSSR count). The van der Waals surface area contributed by atoms with Crippen molar-refractivity contribution >= 4 is 21.7 Å². The first-order chi connectivity index (χ1) is 13.3. The van der Waals surface area contributed by atoms with Crippen molar-refractivity contribution in [3.8, 4) is 0 Å². The van der Waals surface area contributed by atoms with Gasteiger partial charge in [0, 0.05) is 35.8 Å². The Balaban J connectivity index is 1.22. The lowest BCUT2D eigenvalue weighted by Gasteiger charge is -2.14. The van der Waals surface area contributed by atoms with Gasteiger partial charge in [-0.2, -0.15) is 0 Å². The monoisotopic (exact) mass is 359 g/mol. The number of aromatic nitrogens is 2. The molecule has 0 radical (unpaired) electrons. The molecular formula is C23H25N3O. The zero-order valence-corrected chi connectivity index (χ0v) is 15.7. The maximum Gasteiger partial charge on any atom is 0.167 e. The van der Waals surface area contributed by atoms with Crippen LogP contribution in [0.25, 0.3) is 21.7 Å². The molecule has 2 heterocycles. The molecule has 0 spiro atoms. The number of hydrogen-bond acceptors (Lipinski definition) is 4. The molecule has 4 aromatic rings. The van der Waals surface area contributed by atoms with Crippen LogP contribution in [0.15, 0.2) is 65.4 Å². The first-order valence-electron chi connectivity index (χ1n) is 9.69. The Labute approximate surface area is 159 Å². The second-order valence-corrected chi connectivity index (χ2v) is 7.21. The van der Waals surface area contributed by atoms with Crippen molar-refractivity contribution in [2.75, 3.05) is 0 Å². The molecule has 0 saturated carbocycles. The van der Waals surface area contributed by atoms with E-state index in [-0.39, 0.29) is 0 Å². The molecule has 27 heavy (non-hydrogen) atoms. The Morgan fingerprint density at radius 1 is 1.04 bits per heavy atom. The summed E-state index contributed by atoms with van der Waals surface area (Å²) in [6.45, 7) is 3.16. The van der Waals surface area contributed by atoms with Crippen LogP contribution in [0.3, 0.4) is 0 Å². The molecule has 2 aromatic heterocycles. The highest BCUT2D eigenvalue weighted by Gasteiger charge is 2.08. The first-order valence-corrected chi connectivity index (χ1v) is 9.69. The molecule has 138 valence electrons. The van der Waals surface area contributed by atoms with E-state index < -0.39 is 0 Å². The quantitative estimate of drug-likeness (QED) is 0.436. The summed E-state index contributed by atoms with van der Waals surface area (Å²) in [5.41, 5.74) is 3.28. The number of para-hydroxylation sites is 1. The molecule has 4 nitrogen and oxygen atoms in total. The standard InChI is InChI=1S/C23H25N3O/c1-17(25-15-18-10-11-20-16-24-13-12-19(20)14-18)6-2-4-8-22-21-7-3-5-9-23(21)27-26-22/h3,5,7,9-14,16-17,25H,2,4,6,8,15H2,1H3/t17-/m1/s1. The number of hydrogen-bond donors (Lipinski definition) is 1. The normalized spacial score (nSPS) is 12.6. The average Bonchev–Trinajstić information content (AvgIpc) is 3.13. The van der Waals surface area contributed by atoms with Crippen molar-refractivity contribution in [3.05, 3.63) is 72.2 Å². The fraction of sp³-hybridized carbons (Fsp3) is 0.304. The molecule has 0 saturated heterocycles. The van der Waals surface area contributed by atoms with E-state index >= 15 is 0 Å². The summed E-state index contributed by atoms with van der Waals surface area (Å²) < 4.78 is 5.38. The summed E-state index contributed by atoms with van der Waals surface area (Å²) in [6, 6.07) is 17.2. The van der Waals surface area contributed by atoms with Gasteiger partial charge in [0.15, 0.2) is 5.58 Å². The van der Waals surface area contributed by atoms with Gasteiger partial charge in [0.05, 0.1) is 5.69 Å². The smallest absolute Gasteiger partial charge is 0.167 e. The van der Waals surface area contributed by atoms with E-state index in [0.717, 1.165) is 42.5 Å². The summed E-state index contributed by atoms with van der Waals surface area (Å²) in [5, 5.41) is 11.4. The van der Waals surface area contributed by atoms with Crippen LogP contribution in [0.2, 0.25) is 0 Å². The van der Waals surface area contributed by atoms with Gasteiger partial charge >= 0.3 is 0 Å². The van der Waals surface area contributed by atoms with Gasteiger partial charge in [0.25, 0.3) is 0 Å². The van der Waals surface area contributed by atoms with Crippen molar-refractivity contribution in [1.29, 1.82) is 0 Å². The van der Waals surface area contributed by atoms with Gasteiger partial charge < -0.3 is 9.84 Å². The van der Waals surface area contributed by atoms with Gasteiger partial charge in [0.2, 0.25) is 0 Å². The lowest BCUT2D eigenvalue weighted by molar-refractivity contribution is 0.441. The van der Waals surface area contributed by atoms with Crippen LogP contribution in [0.4, 0.5) is 0 Å². The van der Waals surface area contributed by atoms with Crippen molar-refractivity contribution < 1.29 is 4.52 Å². The summed E-state index contributed by atoms with van der Waals surface area (Å²) in [6.07, 6.45) is 8.20. The van der Waals surface area contributed by atoms with Crippen LogP contribution in [0, 0.1) is 0 Å². The highest BCUT2D eigenvalue weighted by Crippen LogP contribution is 2.20. The maximum absolute atomic E-state index is 5.38. The second kappa shape index (κ2) is 8.31. The predicted octanol–water partition coefficient (Wildman–Crippen LogP) is 5.27.